The standard InChI is InChI=1S/C21H20IN5O3S/c1-13(27-16-5-3-4-6-17(16)30-11-19(27)29)20-24-25-21(26(20)2)31-12-18(28)23-15-9-7-14(22)8-10-15/h3-10,13H,11-12H2,1-2H3,(H,23,28)/t13-/m1/s1. The van der Waals surface area contributed by atoms with E-state index in [-0.39, 0.29) is 30.2 Å². The lowest BCUT2D eigenvalue weighted by molar-refractivity contribution is -0.121. The average Bonchev–Trinajstić information content (AvgIpc) is 3.14. The SMILES string of the molecule is C[C@H](c1nnc(SCC(=O)Nc2ccc(I)cc2)n1C)N1C(=O)COc2ccccc21. The Bertz CT molecular complexity index is 1120. The maximum Gasteiger partial charge on any atom is 0.265 e. The van der Waals surface area contributed by atoms with Crippen molar-refractivity contribution in [3.63, 3.8) is 0 Å². The highest BCUT2D eigenvalue weighted by Gasteiger charge is 2.32. The molecule has 0 bridgehead atoms. The van der Waals surface area contributed by atoms with Crippen LogP contribution in [0.5, 0.6) is 5.75 Å². The molecule has 1 aliphatic heterocycles. The molecule has 8 nitrogen and oxygen atoms in total. The molecule has 0 aliphatic carbocycles. The first-order valence-electron chi connectivity index (χ1n) is 9.55. The molecule has 0 spiro atoms. The number of halogens is 1. The van der Waals surface area contributed by atoms with Crippen molar-refractivity contribution < 1.29 is 14.3 Å². The van der Waals surface area contributed by atoms with Crippen molar-refractivity contribution in [2.24, 2.45) is 7.05 Å². The van der Waals surface area contributed by atoms with Crippen molar-refractivity contribution in [3.05, 3.63) is 57.9 Å². The number of hydrogen-bond acceptors (Lipinski definition) is 6. The first kappa shape index (κ1) is 21.6. The second-order valence-corrected chi connectivity index (χ2v) is 9.13. The third-order valence-electron chi connectivity index (χ3n) is 4.83. The van der Waals surface area contributed by atoms with Crippen LogP contribution in [0, 0.1) is 3.57 Å². The Morgan fingerprint density at radius 2 is 1.97 bits per heavy atom. The lowest BCUT2D eigenvalue weighted by Gasteiger charge is -2.33. The Hall–Kier alpha value is -2.60. The monoisotopic (exact) mass is 549 g/mol. The zero-order chi connectivity index (χ0) is 22.0. The summed E-state index contributed by atoms with van der Waals surface area (Å²) in [6.07, 6.45) is 0. The van der Waals surface area contributed by atoms with E-state index in [0.29, 0.717) is 22.4 Å². The Morgan fingerprint density at radius 3 is 2.74 bits per heavy atom. The summed E-state index contributed by atoms with van der Waals surface area (Å²) in [6.45, 7) is 1.89. The molecule has 3 aromatic rings. The third-order valence-corrected chi connectivity index (χ3v) is 6.57. The molecular weight excluding hydrogens is 529 g/mol. The van der Waals surface area contributed by atoms with E-state index in [1.54, 1.807) is 4.90 Å². The van der Waals surface area contributed by atoms with Crippen molar-refractivity contribution in [1.82, 2.24) is 14.8 Å². The van der Waals surface area contributed by atoms with Gasteiger partial charge in [0.1, 0.15) is 5.75 Å². The number of hydrogen-bond donors (Lipinski definition) is 1. The predicted molar refractivity (Wildman–Crippen MR) is 127 cm³/mol. The minimum atomic E-state index is -0.343. The topological polar surface area (TPSA) is 89.4 Å². The molecule has 160 valence electrons. The molecule has 1 atom stereocenters. The molecule has 31 heavy (non-hydrogen) atoms. The van der Waals surface area contributed by atoms with E-state index < -0.39 is 0 Å². The van der Waals surface area contributed by atoms with Crippen LogP contribution >= 0.6 is 34.4 Å². The summed E-state index contributed by atoms with van der Waals surface area (Å²) in [7, 11) is 1.84. The number of para-hydroxylation sites is 2. The highest BCUT2D eigenvalue weighted by molar-refractivity contribution is 14.1. The summed E-state index contributed by atoms with van der Waals surface area (Å²) in [4.78, 5) is 26.6. The number of carbonyl (C=O) groups excluding carboxylic acids is 2. The fourth-order valence-electron chi connectivity index (χ4n) is 3.34. The van der Waals surface area contributed by atoms with Gasteiger partial charge in [-0.05, 0) is 65.9 Å². The van der Waals surface area contributed by atoms with Gasteiger partial charge in [0.15, 0.2) is 17.6 Å². The normalized spacial score (nSPS) is 14.0. The number of benzene rings is 2. The van der Waals surface area contributed by atoms with Gasteiger partial charge in [-0.25, -0.2) is 0 Å². The van der Waals surface area contributed by atoms with Crippen molar-refractivity contribution in [2.45, 2.75) is 18.1 Å². The van der Waals surface area contributed by atoms with E-state index in [0.717, 1.165) is 9.26 Å². The molecular formula is C21H20IN5O3S. The van der Waals surface area contributed by atoms with Crippen molar-refractivity contribution >= 4 is 57.5 Å². The van der Waals surface area contributed by atoms with E-state index in [9.17, 15) is 9.59 Å². The smallest absolute Gasteiger partial charge is 0.265 e. The lowest BCUT2D eigenvalue weighted by atomic mass is 10.1. The maximum atomic E-state index is 12.6. The molecule has 2 heterocycles. The van der Waals surface area contributed by atoms with E-state index >= 15 is 0 Å². The van der Waals surface area contributed by atoms with Crippen LogP contribution in [-0.4, -0.2) is 38.9 Å². The summed E-state index contributed by atoms with van der Waals surface area (Å²) in [5, 5.41) is 12.0. The van der Waals surface area contributed by atoms with Crippen molar-refractivity contribution in [2.75, 3.05) is 22.6 Å². The minimum Gasteiger partial charge on any atom is -0.482 e. The van der Waals surface area contributed by atoms with Gasteiger partial charge in [0, 0.05) is 16.3 Å². The van der Waals surface area contributed by atoms with Gasteiger partial charge >= 0.3 is 0 Å². The van der Waals surface area contributed by atoms with Crippen LogP contribution in [0.2, 0.25) is 0 Å². The van der Waals surface area contributed by atoms with Crippen LogP contribution in [0.25, 0.3) is 0 Å². The van der Waals surface area contributed by atoms with Crippen molar-refractivity contribution in [1.29, 1.82) is 0 Å². The number of anilines is 2. The summed E-state index contributed by atoms with van der Waals surface area (Å²) in [5.74, 6) is 1.23. The zero-order valence-corrected chi connectivity index (χ0v) is 19.9. The van der Waals surface area contributed by atoms with E-state index in [2.05, 4.69) is 38.1 Å². The Kier molecular flexibility index (Phi) is 6.46. The van der Waals surface area contributed by atoms with Gasteiger partial charge in [-0.1, -0.05) is 23.9 Å². The number of nitrogens with one attached hydrogen (secondary N) is 1. The quantitative estimate of drug-likeness (QED) is 0.373. The summed E-state index contributed by atoms with van der Waals surface area (Å²) in [6, 6.07) is 14.7. The summed E-state index contributed by atoms with van der Waals surface area (Å²) < 4.78 is 8.45. The number of aromatic nitrogens is 3. The summed E-state index contributed by atoms with van der Waals surface area (Å²) in [5.41, 5.74) is 1.46. The number of rotatable bonds is 6. The molecule has 0 fully saturated rings. The number of carbonyl (C=O) groups is 2. The number of thioether (sulfide) groups is 1. The average molecular weight is 549 g/mol. The number of fused-ring (bicyclic) bond motifs is 1. The highest BCUT2D eigenvalue weighted by atomic mass is 127. The van der Waals surface area contributed by atoms with Crippen LogP contribution in [0.15, 0.2) is 53.7 Å². The van der Waals surface area contributed by atoms with Crippen LogP contribution in [0.1, 0.15) is 18.8 Å². The van der Waals surface area contributed by atoms with E-state index in [1.807, 2.05) is 67.1 Å². The van der Waals surface area contributed by atoms with Gasteiger partial charge in [-0.15, -0.1) is 10.2 Å². The fraction of sp³-hybridized carbons (Fsp3) is 0.238. The van der Waals surface area contributed by atoms with Crippen LogP contribution in [0.3, 0.4) is 0 Å². The molecule has 2 aromatic carbocycles. The number of ether oxygens (including phenoxy) is 1. The first-order valence-corrected chi connectivity index (χ1v) is 11.6. The van der Waals surface area contributed by atoms with Gasteiger partial charge < -0.3 is 14.6 Å². The Balaban J connectivity index is 1.45. The number of amides is 2. The van der Waals surface area contributed by atoms with Crippen LogP contribution in [-0.2, 0) is 16.6 Å². The van der Waals surface area contributed by atoms with Crippen LogP contribution in [0.4, 0.5) is 11.4 Å². The first-order chi connectivity index (χ1) is 14.9. The molecule has 2 amide bonds. The maximum absolute atomic E-state index is 12.6. The van der Waals surface area contributed by atoms with Gasteiger partial charge in [0.05, 0.1) is 17.5 Å². The third kappa shape index (κ3) is 4.69. The largest absolute Gasteiger partial charge is 0.482 e. The molecule has 4 rings (SSSR count). The molecule has 1 aromatic heterocycles. The van der Waals surface area contributed by atoms with Gasteiger partial charge in [-0.3, -0.25) is 14.5 Å². The summed E-state index contributed by atoms with van der Waals surface area (Å²) >= 11 is 3.51. The fourth-order valence-corrected chi connectivity index (χ4v) is 4.42. The Labute approximate surface area is 197 Å². The molecule has 0 saturated carbocycles. The minimum absolute atomic E-state index is 0.0144. The number of nitrogens with zero attached hydrogens (tertiary/aromatic N) is 4. The predicted octanol–water partition coefficient (Wildman–Crippen LogP) is 3.64. The molecule has 0 saturated heterocycles. The van der Waals surface area contributed by atoms with Crippen molar-refractivity contribution in [3.8, 4) is 5.75 Å². The molecule has 10 heteroatoms. The van der Waals surface area contributed by atoms with E-state index in [4.69, 9.17) is 4.74 Å². The highest BCUT2D eigenvalue weighted by Crippen LogP contribution is 2.37. The van der Waals surface area contributed by atoms with Gasteiger partial charge in [0.2, 0.25) is 5.91 Å². The zero-order valence-electron chi connectivity index (χ0n) is 16.9. The Morgan fingerprint density at radius 1 is 1.23 bits per heavy atom. The van der Waals surface area contributed by atoms with Gasteiger partial charge in [-0.2, -0.15) is 0 Å². The second-order valence-electron chi connectivity index (χ2n) is 6.94. The molecule has 0 unspecified atom stereocenters. The molecule has 0 radical (unpaired) electrons. The van der Waals surface area contributed by atoms with E-state index in [1.165, 1.54) is 11.8 Å². The van der Waals surface area contributed by atoms with Gasteiger partial charge in [0.25, 0.3) is 5.91 Å². The second kappa shape index (κ2) is 9.27. The molecule has 1 N–H and O–H groups in total. The lowest BCUT2D eigenvalue weighted by Crippen LogP contribution is -2.41. The van der Waals surface area contributed by atoms with Crippen LogP contribution < -0.4 is 15.0 Å². The molecule has 1 aliphatic rings.